The third kappa shape index (κ3) is 4.40. The van der Waals surface area contributed by atoms with E-state index in [1.165, 1.54) is 25.9 Å². The number of aromatic nitrogens is 3. The first kappa shape index (κ1) is 23.2. The van der Waals surface area contributed by atoms with Crippen molar-refractivity contribution in [3.05, 3.63) is 55.0 Å². The van der Waals surface area contributed by atoms with Crippen LogP contribution in [-0.2, 0) is 10.9 Å². The number of anilines is 2. The first-order valence-corrected chi connectivity index (χ1v) is 13.7. The van der Waals surface area contributed by atoms with Crippen molar-refractivity contribution in [2.45, 2.75) is 18.9 Å². The molecular formula is C26H31N7O2S. The number of benzene rings is 2. The van der Waals surface area contributed by atoms with Crippen molar-refractivity contribution in [1.29, 1.82) is 0 Å². The Morgan fingerprint density at radius 2 is 1.64 bits per heavy atom. The molecule has 2 aromatic heterocycles. The van der Waals surface area contributed by atoms with E-state index in [-0.39, 0.29) is 0 Å². The van der Waals surface area contributed by atoms with Gasteiger partial charge < -0.3 is 9.80 Å². The number of nitrogens with one attached hydrogen (secondary N) is 1. The number of hydrogen-bond donors (Lipinski definition) is 2. The maximum atomic E-state index is 11.3. The summed E-state index contributed by atoms with van der Waals surface area (Å²) < 4.78 is 26.9. The molecule has 10 heteroatoms. The summed E-state index contributed by atoms with van der Waals surface area (Å²) in [5, 5.41) is 6.42. The predicted octanol–water partition coefficient (Wildman–Crippen LogP) is 2.70. The molecule has 2 fully saturated rings. The smallest absolute Gasteiger partial charge is 0.222 e. The fourth-order valence-corrected chi connectivity index (χ4v) is 6.02. The predicted molar refractivity (Wildman–Crippen MR) is 144 cm³/mol. The van der Waals surface area contributed by atoms with Crippen LogP contribution in [0.4, 0.5) is 11.4 Å². The van der Waals surface area contributed by atoms with Crippen LogP contribution in [0.5, 0.6) is 0 Å². The van der Waals surface area contributed by atoms with Gasteiger partial charge in [0.05, 0.1) is 30.0 Å². The molecule has 0 spiro atoms. The van der Waals surface area contributed by atoms with Crippen LogP contribution >= 0.6 is 0 Å². The van der Waals surface area contributed by atoms with Gasteiger partial charge in [-0.05, 0) is 36.9 Å². The zero-order chi connectivity index (χ0) is 24.6. The van der Waals surface area contributed by atoms with Crippen molar-refractivity contribution in [3.8, 4) is 11.1 Å². The van der Waals surface area contributed by atoms with Crippen LogP contribution in [0.15, 0.2) is 55.0 Å². The van der Waals surface area contributed by atoms with Crippen LogP contribution in [0.3, 0.4) is 0 Å². The summed E-state index contributed by atoms with van der Waals surface area (Å²) in [4.78, 5) is 12.3. The minimum atomic E-state index is -2.74. The number of thiol groups is 1. The van der Waals surface area contributed by atoms with E-state index in [2.05, 4.69) is 37.8 Å². The minimum absolute atomic E-state index is 0.567. The van der Waals surface area contributed by atoms with Gasteiger partial charge in [-0.2, -0.15) is 5.10 Å². The molecule has 0 radical (unpaired) electrons. The molecule has 0 amide bonds. The second-order valence-electron chi connectivity index (χ2n) is 9.77. The Hall–Kier alpha value is -3.21. The molecule has 0 unspecified atom stereocenters. The van der Waals surface area contributed by atoms with Crippen molar-refractivity contribution in [2.24, 2.45) is 0 Å². The highest BCUT2D eigenvalue weighted by atomic mass is 32.2. The van der Waals surface area contributed by atoms with Crippen molar-refractivity contribution in [2.75, 3.05) is 55.9 Å². The fourth-order valence-electron chi connectivity index (χ4n) is 5.62. The number of piperazine rings is 1. The average molecular weight is 506 g/mol. The number of rotatable bonds is 5. The summed E-state index contributed by atoms with van der Waals surface area (Å²) in [7, 11) is -0.534. The molecule has 2 aromatic carbocycles. The molecule has 0 aliphatic carbocycles. The van der Waals surface area contributed by atoms with Gasteiger partial charge in [0, 0.05) is 56.3 Å². The van der Waals surface area contributed by atoms with E-state index < -0.39 is 10.9 Å². The molecule has 2 aliphatic rings. The zero-order valence-corrected chi connectivity index (χ0v) is 21.3. The largest absolute Gasteiger partial charge is 0.369 e. The van der Waals surface area contributed by atoms with Crippen molar-refractivity contribution >= 4 is 38.7 Å². The van der Waals surface area contributed by atoms with Crippen LogP contribution in [0, 0.1) is 0 Å². The second kappa shape index (κ2) is 9.68. The van der Waals surface area contributed by atoms with Gasteiger partial charge in [0.1, 0.15) is 0 Å². The Bertz CT molecular complexity index is 1460. The van der Waals surface area contributed by atoms with E-state index in [0.717, 1.165) is 59.4 Å². The molecule has 2 saturated heterocycles. The number of likely N-dealkylation sites (N-methyl/N-ethyl adjacent to an activating group) is 1. The standard InChI is InChI=1S/C26H31N7O2S/c1-30-12-14-32(15-13-30)19-8-10-31(11-9-19)20-16-27-26-24(17-28-33(26)18-20)22-6-7-25(29-36(34)35)23-5-3-2-4-21(22)23/h2-7,16-19,36H,8-15H2,1H3,(H,29,34,35). The summed E-state index contributed by atoms with van der Waals surface area (Å²) in [5.74, 6) is 0. The Morgan fingerprint density at radius 1 is 0.889 bits per heavy atom. The molecule has 0 atom stereocenters. The molecule has 0 bridgehead atoms. The van der Waals surface area contributed by atoms with Crippen LogP contribution in [-0.4, -0.2) is 85.2 Å². The fraction of sp³-hybridized carbons (Fsp3) is 0.385. The van der Waals surface area contributed by atoms with Crippen molar-refractivity contribution in [3.63, 3.8) is 0 Å². The maximum absolute atomic E-state index is 11.3. The third-order valence-corrected chi connectivity index (χ3v) is 8.08. The number of hydrogen-bond acceptors (Lipinski definition) is 7. The van der Waals surface area contributed by atoms with Crippen LogP contribution in [0.1, 0.15) is 12.8 Å². The van der Waals surface area contributed by atoms with E-state index in [0.29, 0.717) is 11.7 Å². The van der Waals surface area contributed by atoms with Gasteiger partial charge in [0.2, 0.25) is 10.9 Å². The summed E-state index contributed by atoms with van der Waals surface area (Å²) in [6.45, 7) is 6.72. The lowest BCUT2D eigenvalue weighted by atomic mass is 9.99. The molecule has 1 N–H and O–H groups in total. The lowest BCUT2D eigenvalue weighted by molar-refractivity contribution is 0.0982. The van der Waals surface area contributed by atoms with E-state index in [9.17, 15) is 8.42 Å². The molecule has 2 aliphatic heterocycles. The normalized spacial score (nSPS) is 18.4. The highest BCUT2D eigenvalue weighted by Gasteiger charge is 2.27. The minimum Gasteiger partial charge on any atom is -0.369 e. The van der Waals surface area contributed by atoms with E-state index in [1.54, 1.807) is 6.07 Å². The number of fused-ring (bicyclic) bond motifs is 2. The molecule has 9 nitrogen and oxygen atoms in total. The molecular weight excluding hydrogens is 474 g/mol. The third-order valence-electron chi connectivity index (χ3n) is 7.65. The van der Waals surface area contributed by atoms with Gasteiger partial charge in [0.25, 0.3) is 0 Å². The van der Waals surface area contributed by atoms with Gasteiger partial charge in [-0.3, -0.25) is 9.62 Å². The monoisotopic (exact) mass is 505 g/mol. The van der Waals surface area contributed by atoms with Crippen molar-refractivity contribution in [1.82, 2.24) is 24.4 Å². The summed E-state index contributed by atoms with van der Waals surface area (Å²) in [6.07, 6.45) is 8.22. The van der Waals surface area contributed by atoms with E-state index in [1.807, 2.05) is 47.2 Å². The van der Waals surface area contributed by atoms with E-state index >= 15 is 0 Å². The maximum Gasteiger partial charge on any atom is 0.222 e. The van der Waals surface area contributed by atoms with Crippen LogP contribution in [0.25, 0.3) is 27.5 Å². The summed E-state index contributed by atoms with van der Waals surface area (Å²) in [6, 6.07) is 12.2. The van der Waals surface area contributed by atoms with Gasteiger partial charge in [0.15, 0.2) is 5.65 Å². The second-order valence-corrected chi connectivity index (χ2v) is 10.5. The Kier molecular flexibility index (Phi) is 6.24. The summed E-state index contributed by atoms with van der Waals surface area (Å²) in [5.41, 5.74) is 4.34. The van der Waals surface area contributed by atoms with Gasteiger partial charge in [-0.15, -0.1) is 0 Å². The molecule has 4 aromatic rings. The average Bonchev–Trinajstić information content (AvgIpc) is 3.32. The van der Waals surface area contributed by atoms with Gasteiger partial charge in [-0.25, -0.2) is 17.9 Å². The van der Waals surface area contributed by atoms with Crippen molar-refractivity contribution < 1.29 is 8.42 Å². The number of piperidine rings is 1. The lowest BCUT2D eigenvalue weighted by Gasteiger charge is -2.42. The van der Waals surface area contributed by atoms with Crippen LogP contribution < -0.4 is 9.62 Å². The quantitative estimate of drug-likeness (QED) is 0.404. The molecule has 6 rings (SSSR count). The highest BCUT2D eigenvalue weighted by Crippen LogP contribution is 2.35. The topological polar surface area (TPSA) is 86.1 Å². The van der Waals surface area contributed by atoms with E-state index in [4.69, 9.17) is 4.98 Å². The molecule has 188 valence electrons. The SMILES string of the molecule is CN1CCN(C2CCN(c3cnc4c(-c5ccc(N[SH](=O)=O)c6ccccc56)cnn4c3)CC2)CC1. The lowest BCUT2D eigenvalue weighted by Crippen LogP contribution is -2.52. The first-order chi connectivity index (χ1) is 17.6. The Labute approximate surface area is 212 Å². The van der Waals surface area contributed by atoms with Gasteiger partial charge in [-0.1, -0.05) is 30.3 Å². The highest BCUT2D eigenvalue weighted by molar-refractivity contribution is 7.73. The van der Waals surface area contributed by atoms with Crippen LogP contribution in [0.2, 0.25) is 0 Å². The molecule has 36 heavy (non-hydrogen) atoms. The molecule has 4 heterocycles. The Balaban J connectivity index is 1.24. The Morgan fingerprint density at radius 3 is 2.39 bits per heavy atom. The summed E-state index contributed by atoms with van der Waals surface area (Å²) >= 11 is 0. The first-order valence-electron chi connectivity index (χ1n) is 12.5. The zero-order valence-electron chi connectivity index (χ0n) is 20.4. The number of nitrogens with zero attached hydrogens (tertiary/aromatic N) is 6. The molecule has 0 saturated carbocycles. The van der Waals surface area contributed by atoms with Gasteiger partial charge >= 0.3 is 0 Å².